The highest BCUT2D eigenvalue weighted by atomic mass is 32.2. The minimum atomic E-state index is -3.57. The molecule has 1 unspecified atom stereocenters. The molecule has 1 aliphatic heterocycles. The number of aromatic nitrogens is 3. The molecular formula is C23H31N5O3S2. The van der Waals surface area contributed by atoms with Gasteiger partial charge >= 0.3 is 0 Å². The summed E-state index contributed by atoms with van der Waals surface area (Å²) in [5.41, 5.74) is 1.88. The van der Waals surface area contributed by atoms with E-state index in [-0.39, 0.29) is 10.9 Å². The average Bonchev–Trinajstić information content (AvgIpc) is 3.39. The zero-order chi connectivity index (χ0) is 23.6. The lowest BCUT2D eigenvalue weighted by Gasteiger charge is -2.24. The van der Waals surface area contributed by atoms with Crippen molar-refractivity contribution in [2.24, 2.45) is 0 Å². The number of rotatable bonds is 9. The first-order valence-electron chi connectivity index (χ1n) is 11.4. The molecule has 2 aromatic heterocycles. The summed E-state index contributed by atoms with van der Waals surface area (Å²) in [6, 6.07) is 11.9. The van der Waals surface area contributed by atoms with Crippen molar-refractivity contribution >= 4 is 27.9 Å². The van der Waals surface area contributed by atoms with Gasteiger partial charge in [-0.3, -0.25) is 9.30 Å². The van der Waals surface area contributed by atoms with Gasteiger partial charge in [0, 0.05) is 31.9 Å². The Morgan fingerprint density at radius 3 is 2.52 bits per heavy atom. The Morgan fingerprint density at radius 1 is 1.12 bits per heavy atom. The molecule has 0 radical (unpaired) electrons. The number of hydrogen-bond donors (Lipinski definition) is 0. The molecule has 8 nitrogen and oxygen atoms in total. The molecule has 1 saturated heterocycles. The first-order valence-corrected chi connectivity index (χ1v) is 13.3. The van der Waals surface area contributed by atoms with Gasteiger partial charge in [0.05, 0.1) is 18.2 Å². The van der Waals surface area contributed by atoms with Crippen molar-refractivity contribution in [2.45, 2.75) is 51.2 Å². The number of sulfonamides is 1. The van der Waals surface area contributed by atoms with Crippen molar-refractivity contribution in [3.05, 3.63) is 52.9 Å². The molecule has 0 bridgehead atoms. The maximum atomic E-state index is 12.9. The number of likely N-dealkylation sites (tertiary alicyclic amines) is 1. The summed E-state index contributed by atoms with van der Waals surface area (Å²) in [6.07, 6.45) is 3.76. The highest BCUT2D eigenvalue weighted by Crippen LogP contribution is 2.33. The normalized spacial score (nSPS) is 17.3. The smallest absolute Gasteiger partial charge is 0.244 e. The maximum absolute atomic E-state index is 12.9. The van der Waals surface area contributed by atoms with Gasteiger partial charge in [-0.15, -0.1) is 0 Å². The first-order chi connectivity index (χ1) is 15.9. The summed E-state index contributed by atoms with van der Waals surface area (Å²) in [7, 11) is -3.57. The van der Waals surface area contributed by atoms with E-state index in [0.29, 0.717) is 36.8 Å². The van der Waals surface area contributed by atoms with Crippen molar-refractivity contribution in [3.63, 3.8) is 0 Å². The summed E-state index contributed by atoms with van der Waals surface area (Å²) < 4.78 is 36.8. The molecule has 0 amide bonds. The minimum Gasteiger partial charge on any atom is -0.494 e. The highest BCUT2D eigenvalue weighted by molar-refractivity contribution is 7.89. The molecule has 0 N–H and O–H groups in total. The van der Waals surface area contributed by atoms with Gasteiger partial charge in [-0.1, -0.05) is 26.0 Å². The second-order valence-electron chi connectivity index (χ2n) is 8.08. The van der Waals surface area contributed by atoms with Crippen molar-refractivity contribution in [3.8, 4) is 5.75 Å². The number of fused-ring (bicyclic) bond motifs is 1. The lowest BCUT2D eigenvalue weighted by molar-refractivity contribution is 0.190. The van der Waals surface area contributed by atoms with E-state index in [1.165, 1.54) is 9.87 Å². The maximum Gasteiger partial charge on any atom is 0.244 e. The van der Waals surface area contributed by atoms with Gasteiger partial charge in [-0.05, 0) is 61.8 Å². The van der Waals surface area contributed by atoms with Crippen LogP contribution < -0.4 is 4.74 Å². The number of benzene rings is 1. The highest BCUT2D eigenvalue weighted by Gasteiger charge is 2.27. The van der Waals surface area contributed by atoms with Crippen LogP contribution in [-0.2, 0) is 16.7 Å². The number of nitrogens with zero attached hydrogens (tertiary/aromatic N) is 5. The zero-order valence-electron chi connectivity index (χ0n) is 19.3. The Bertz CT molecular complexity index is 1260. The van der Waals surface area contributed by atoms with Crippen LogP contribution in [0.2, 0.25) is 0 Å². The van der Waals surface area contributed by atoms with Crippen molar-refractivity contribution < 1.29 is 13.2 Å². The summed E-state index contributed by atoms with van der Waals surface area (Å²) >= 11 is 5.68. The second-order valence-corrected chi connectivity index (χ2v) is 10.4. The Labute approximate surface area is 200 Å². The third-order valence-corrected chi connectivity index (χ3v) is 8.59. The van der Waals surface area contributed by atoms with Gasteiger partial charge < -0.3 is 4.74 Å². The predicted octanol–water partition coefficient (Wildman–Crippen LogP) is 4.09. The number of ether oxygens (including phenoxy) is 1. The molecule has 3 heterocycles. The van der Waals surface area contributed by atoms with Gasteiger partial charge in [0.2, 0.25) is 14.8 Å². The lowest BCUT2D eigenvalue weighted by Crippen LogP contribution is -2.30. The summed E-state index contributed by atoms with van der Waals surface area (Å²) in [5.74, 6) is 0.879. The Morgan fingerprint density at radius 2 is 1.85 bits per heavy atom. The Hall–Kier alpha value is -2.27. The summed E-state index contributed by atoms with van der Waals surface area (Å²) in [5, 5.41) is 4.66. The number of hydrogen-bond acceptors (Lipinski definition) is 6. The van der Waals surface area contributed by atoms with E-state index in [1.54, 1.807) is 27.4 Å². The monoisotopic (exact) mass is 489 g/mol. The predicted molar refractivity (Wildman–Crippen MR) is 130 cm³/mol. The topological polar surface area (TPSA) is 72.1 Å². The van der Waals surface area contributed by atoms with Crippen LogP contribution >= 0.6 is 12.2 Å². The molecule has 0 spiro atoms. The Kier molecular flexibility index (Phi) is 7.18. The van der Waals surface area contributed by atoms with Crippen LogP contribution in [0.4, 0.5) is 0 Å². The molecule has 10 heteroatoms. The molecule has 33 heavy (non-hydrogen) atoms. The fourth-order valence-corrected chi connectivity index (χ4v) is 6.16. The van der Waals surface area contributed by atoms with E-state index < -0.39 is 10.0 Å². The molecule has 3 aromatic rings. The largest absolute Gasteiger partial charge is 0.494 e. The lowest BCUT2D eigenvalue weighted by atomic mass is 10.0. The van der Waals surface area contributed by atoms with Crippen LogP contribution in [0.25, 0.3) is 5.65 Å². The first kappa shape index (κ1) is 23.9. The van der Waals surface area contributed by atoms with Crippen LogP contribution in [0.3, 0.4) is 0 Å². The Balaban J connectivity index is 1.60. The van der Waals surface area contributed by atoms with E-state index in [4.69, 9.17) is 17.0 Å². The SMILES string of the molecule is CCOc1ccc(C2CCCN2Cn2nc3ccc(S(=O)(=O)N(CC)CC)cn3c2=S)cc1. The average molecular weight is 490 g/mol. The molecule has 1 aliphatic rings. The zero-order valence-corrected chi connectivity index (χ0v) is 21.0. The van der Waals surface area contributed by atoms with Gasteiger partial charge in [-0.25, -0.2) is 13.1 Å². The van der Waals surface area contributed by atoms with E-state index in [0.717, 1.165) is 25.1 Å². The molecule has 178 valence electrons. The number of pyridine rings is 1. The van der Waals surface area contributed by atoms with E-state index in [2.05, 4.69) is 22.1 Å². The van der Waals surface area contributed by atoms with E-state index in [9.17, 15) is 8.42 Å². The summed E-state index contributed by atoms with van der Waals surface area (Å²) in [4.78, 5) is 2.59. The third-order valence-electron chi connectivity index (χ3n) is 6.15. The molecule has 0 aliphatic carbocycles. The fraction of sp³-hybridized carbons (Fsp3) is 0.478. The minimum absolute atomic E-state index is 0.225. The third kappa shape index (κ3) is 4.70. The van der Waals surface area contributed by atoms with Gasteiger partial charge in [0.25, 0.3) is 0 Å². The van der Waals surface area contributed by atoms with Crippen LogP contribution in [0, 0.1) is 4.77 Å². The van der Waals surface area contributed by atoms with Crippen molar-refractivity contribution in [1.82, 2.24) is 23.4 Å². The van der Waals surface area contributed by atoms with Gasteiger partial charge in [-0.2, -0.15) is 9.40 Å². The van der Waals surface area contributed by atoms with Gasteiger partial charge in [0.1, 0.15) is 5.75 Å². The van der Waals surface area contributed by atoms with Crippen LogP contribution in [0.5, 0.6) is 5.75 Å². The molecule has 1 fully saturated rings. The van der Waals surface area contributed by atoms with E-state index in [1.807, 2.05) is 32.9 Å². The molecule has 0 saturated carbocycles. The molecule has 1 atom stereocenters. The van der Waals surface area contributed by atoms with Crippen LogP contribution in [0.1, 0.15) is 45.2 Å². The van der Waals surface area contributed by atoms with Crippen molar-refractivity contribution in [1.29, 1.82) is 0 Å². The second kappa shape index (κ2) is 9.92. The standard InChI is InChI=1S/C23H31N5O3S2/c1-4-26(5-2)33(29,30)20-13-14-22-24-28(23(32)27(22)16-20)17-25-15-7-8-21(25)18-9-11-19(12-10-18)31-6-3/h9-14,16,21H,4-8,15,17H2,1-3H3. The molecule has 4 rings (SSSR count). The van der Waals surface area contributed by atoms with Crippen LogP contribution in [0.15, 0.2) is 47.5 Å². The van der Waals surface area contributed by atoms with Crippen molar-refractivity contribution in [2.75, 3.05) is 26.2 Å². The molecule has 1 aromatic carbocycles. The molecular weight excluding hydrogens is 458 g/mol. The quantitative estimate of drug-likeness (QED) is 0.422. The fourth-order valence-electron chi connectivity index (χ4n) is 4.45. The van der Waals surface area contributed by atoms with Crippen LogP contribution in [-0.4, -0.2) is 58.0 Å². The van der Waals surface area contributed by atoms with E-state index >= 15 is 0 Å². The summed E-state index contributed by atoms with van der Waals surface area (Å²) in [6.45, 7) is 8.64. The van der Waals surface area contributed by atoms with Gasteiger partial charge in [0.15, 0.2) is 5.65 Å².